The van der Waals surface area contributed by atoms with Crippen molar-refractivity contribution < 1.29 is 0 Å². The normalized spacial score (nSPS) is 14.4. The molecule has 1 aromatic rings. The van der Waals surface area contributed by atoms with Crippen LogP contribution in [0.5, 0.6) is 0 Å². The van der Waals surface area contributed by atoms with Gasteiger partial charge in [-0.2, -0.15) is 9.64 Å². The Morgan fingerprint density at radius 3 is 2.81 bits per heavy atom. The van der Waals surface area contributed by atoms with Crippen molar-refractivity contribution in [3.63, 3.8) is 0 Å². The predicted molar refractivity (Wildman–Crippen MR) is 67.7 cm³/mol. The quantitative estimate of drug-likeness (QED) is 0.790. The third kappa shape index (κ3) is 3.74. The van der Waals surface area contributed by atoms with Crippen LogP contribution < -0.4 is 5.32 Å². The first kappa shape index (κ1) is 13.4. The molecule has 0 spiro atoms. The molecular weight excluding hydrogens is 240 g/mol. The number of nitriles is 1. The average molecular weight is 256 g/mol. The smallest absolute Gasteiger partial charge is 0.170 e. The van der Waals surface area contributed by atoms with E-state index < -0.39 is 5.54 Å². The summed E-state index contributed by atoms with van der Waals surface area (Å²) < 4.78 is 5.15. The van der Waals surface area contributed by atoms with Gasteiger partial charge in [-0.05, 0) is 25.0 Å². The SMILES string of the molecule is CCNC(C)(C#N)CSc1nc(CC)ns1. The molecular formula is C10H16N4S2. The number of hydrogen-bond acceptors (Lipinski definition) is 6. The molecule has 1 heterocycles. The molecule has 0 aromatic carbocycles. The standard InChI is InChI=1S/C10H16N4S2/c1-4-8-13-9(16-14-8)15-7-10(3,6-11)12-5-2/h12H,4-5,7H2,1-3H3. The van der Waals surface area contributed by atoms with Crippen molar-refractivity contribution in [2.75, 3.05) is 12.3 Å². The van der Waals surface area contributed by atoms with Gasteiger partial charge in [0, 0.05) is 12.2 Å². The lowest BCUT2D eigenvalue weighted by Crippen LogP contribution is -2.43. The topological polar surface area (TPSA) is 61.6 Å². The zero-order valence-electron chi connectivity index (χ0n) is 9.78. The van der Waals surface area contributed by atoms with Crippen LogP contribution >= 0.6 is 23.3 Å². The van der Waals surface area contributed by atoms with Gasteiger partial charge in [-0.3, -0.25) is 5.32 Å². The second kappa shape index (κ2) is 6.18. The Bertz CT molecular complexity index is 371. The summed E-state index contributed by atoms with van der Waals surface area (Å²) in [6.07, 6.45) is 0.861. The molecule has 6 heteroatoms. The molecule has 1 rings (SSSR count). The monoisotopic (exact) mass is 256 g/mol. The Morgan fingerprint density at radius 1 is 1.56 bits per heavy atom. The lowest BCUT2D eigenvalue weighted by Gasteiger charge is -2.20. The van der Waals surface area contributed by atoms with Gasteiger partial charge >= 0.3 is 0 Å². The van der Waals surface area contributed by atoms with Crippen molar-refractivity contribution in [3.05, 3.63) is 5.82 Å². The van der Waals surface area contributed by atoms with E-state index in [0.717, 1.165) is 23.1 Å². The molecule has 1 aromatic heterocycles. The summed E-state index contributed by atoms with van der Waals surface area (Å²) in [5.74, 6) is 1.57. The average Bonchev–Trinajstić information content (AvgIpc) is 2.75. The fourth-order valence-electron chi connectivity index (χ4n) is 1.16. The van der Waals surface area contributed by atoms with Crippen LogP contribution in [0.15, 0.2) is 4.34 Å². The number of aryl methyl sites for hydroxylation is 1. The third-order valence-corrected chi connectivity index (χ3v) is 4.25. The van der Waals surface area contributed by atoms with E-state index in [9.17, 15) is 0 Å². The molecule has 0 bridgehead atoms. The van der Waals surface area contributed by atoms with Crippen LogP contribution in [0.2, 0.25) is 0 Å². The van der Waals surface area contributed by atoms with E-state index in [0.29, 0.717) is 5.75 Å². The van der Waals surface area contributed by atoms with Crippen LogP contribution in [-0.2, 0) is 6.42 Å². The molecule has 0 aliphatic rings. The molecule has 4 nitrogen and oxygen atoms in total. The lowest BCUT2D eigenvalue weighted by molar-refractivity contribution is 0.511. The summed E-state index contributed by atoms with van der Waals surface area (Å²) in [7, 11) is 0. The molecule has 0 amide bonds. The van der Waals surface area contributed by atoms with Crippen molar-refractivity contribution in [2.45, 2.75) is 37.1 Å². The predicted octanol–water partition coefficient (Wildman–Crippen LogP) is 2.08. The Morgan fingerprint density at radius 2 is 2.31 bits per heavy atom. The molecule has 0 radical (unpaired) electrons. The van der Waals surface area contributed by atoms with Gasteiger partial charge in [0.15, 0.2) is 4.34 Å². The molecule has 0 aliphatic heterocycles. The first-order valence-corrected chi connectivity index (χ1v) is 7.01. The van der Waals surface area contributed by atoms with Gasteiger partial charge in [0.25, 0.3) is 0 Å². The second-order valence-electron chi connectivity index (χ2n) is 3.59. The van der Waals surface area contributed by atoms with E-state index in [1.54, 1.807) is 11.8 Å². The fourth-order valence-corrected chi connectivity index (χ4v) is 2.91. The van der Waals surface area contributed by atoms with E-state index in [1.165, 1.54) is 11.5 Å². The minimum Gasteiger partial charge on any atom is -0.299 e. The molecule has 0 fully saturated rings. The first-order chi connectivity index (χ1) is 7.63. The highest BCUT2D eigenvalue weighted by atomic mass is 32.2. The lowest BCUT2D eigenvalue weighted by atomic mass is 10.1. The summed E-state index contributed by atoms with van der Waals surface area (Å²) in [6, 6.07) is 2.29. The molecule has 0 aliphatic carbocycles. The molecule has 16 heavy (non-hydrogen) atoms. The van der Waals surface area contributed by atoms with Crippen molar-refractivity contribution in [1.82, 2.24) is 14.7 Å². The summed E-state index contributed by atoms with van der Waals surface area (Å²) >= 11 is 3.00. The van der Waals surface area contributed by atoms with Gasteiger partial charge in [0.05, 0.1) is 6.07 Å². The molecule has 1 N–H and O–H groups in total. The summed E-state index contributed by atoms with van der Waals surface area (Å²) in [5.41, 5.74) is -0.489. The summed E-state index contributed by atoms with van der Waals surface area (Å²) in [6.45, 7) is 6.74. The van der Waals surface area contributed by atoms with Crippen LogP contribution in [0.3, 0.4) is 0 Å². The van der Waals surface area contributed by atoms with Gasteiger partial charge in [-0.25, -0.2) is 4.98 Å². The van der Waals surface area contributed by atoms with Gasteiger partial charge in [0.1, 0.15) is 11.4 Å². The number of hydrogen-bond donors (Lipinski definition) is 1. The number of thioether (sulfide) groups is 1. The molecule has 1 atom stereocenters. The van der Waals surface area contributed by atoms with Crippen LogP contribution in [0.1, 0.15) is 26.6 Å². The van der Waals surface area contributed by atoms with Crippen LogP contribution in [-0.4, -0.2) is 27.2 Å². The maximum Gasteiger partial charge on any atom is 0.170 e. The van der Waals surface area contributed by atoms with Gasteiger partial charge in [-0.1, -0.05) is 25.6 Å². The first-order valence-electron chi connectivity index (χ1n) is 5.25. The number of nitrogens with one attached hydrogen (secondary N) is 1. The van der Waals surface area contributed by atoms with E-state index in [4.69, 9.17) is 5.26 Å². The molecule has 88 valence electrons. The van der Waals surface area contributed by atoms with Crippen molar-refractivity contribution >= 4 is 23.3 Å². The molecule has 1 unspecified atom stereocenters. The summed E-state index contributed by atoms with van der Waals surface area (Å²) in [4.78, 5) is 4.36. The van der Waals surface area contributed by atoms with E-state index in [2.05, 4.69) is 20.7 Å². The van der Waals surface area contributed by atoms with Gasteiger partial charge < -0.3 is 0 Å². The number of rotatable bonds is 6. The Balaban J connectivity index is 2.53. The number of aromatic nitrogens is 2. The molecule has 0 saturated heterocycles. The highest BCUT2D eigenvalue weighted by Gasteiger charge is 2.23. The van der Waals surface area contributed by atoms with Crippen molar-refractivity contribution in [2.24, 2.45) is 0 Å². The highest BCUT2D eigenvalue weighted by molar-refractivity contribution is 8.01. The van der Waals surface area contributed by atoms with Crippen molar-refractivity contribution in [1.29, 1.82) is 5.26 Å². The summed E-state index contributed by atoms with van der Waals surface area (Å²) in [5, 5.41) is 12.3. The fraction of sp³-hybridized carbons (Fsp3) is 0.700. The van der Waals surface area contributed by atoms with Gasteiger partial charge in [0.2, 0.25) is 0 Å². The zero-order valence-corrected chi connectivity index (χ0v) is 11.4. The Hall–Kier alpha value is -0.640. The van der Waals surface area contributed by atoms with E-state index in [-0.39, 0.29) is 0 Å². The highest BCUT2D eigenvalue weighted by Crippen LogP contribution is 2.24. The largest absolute Gasteiger partial charge is 0.299 e. The van der Waals surface area contributed by atoms with Crippen molar-refractivity contribution in [3.8, 4) is 6.07 Å². The minimum atomic E-state index is -0.489. The third-order valence-electron chi connectivity index (χ3n) is 2.06. The van der Waals surface area contributed by atoms with Crippen LogP contribution in [0, 0.1) is 11.3 Å². The zero-order chi connectivity index (χ0) is 12.0. The second-order valence-corrected chi connectivity index (χ2v) is 5.57. The Kier molecular flexibility index (Phi) is 5.19. The van der Waals surface area contributed by atoms with E-state index >= 15 is 0 Å². The maximum absolute atomic E-state index is 9.09. The maximum atomic E-state index is 9.09. The minimum absolute atomic E-state index is 0.489. The van der Waals surface area contributed by atoms with Crippen LogP contribution in [0.25, 0.3) is 0 Å². The van der Waals surface area contributed by atoms with E-state index in [1.807, 2.05) is 20.8 Å². The Labute approximate surface area is 105 Å². The van der Waals surface area contributed by atoms with Gasteiger partial charge in [-0.15, -0.1) is 0 Å². The van der Waals surface area contributed by atoms with Crippen LogP contribution in [0.4, 0.5) is 0 Å². The molecule has 0 saturated carbocycles. The number of nitrogens with zero attached hydrogens (tertiary/aromatic N) is 3.